The Hall–Kier alpha value is -3.21. The molecule has 1 heterocycles. The maximum absolute atomic E-state index is 13.0. The molecule has 0 unspecified atom stereocenters. The highest BCUT2D eigenvalue weighted by Gasteiger charge is 2.17. The van der Waals surface area contributed by atoms with Crippen molar-refractivity contribution in [3.63, 3.8) is 0 Å². The van der Waals surface area contributed by atoms with E-state index < -0.39 is 0 Å². The summed E-state index contributed by atoms with van der Waals surface area (Å²) >= 11 is 0. The number of rotatable bonds is 8. The summed E-state index contributed by atoms with van der Waals surface area (Å²) in [5.74, 6) is 1.11. The predicted molar refractivity (Wildman–Crippen MR) is 113 cm³/mol. The van der Waals surface area contributed by atoms with Crippen LogP contribution < -0.4 is 5.32 Å². The maximum atomic E-state index is 13.0. The smallest absolute Gasteiger partial charge is 0.272 e. The second-order valence-electron chi connectivity index (χ2n) is 6.76. The van der Waals surface area contributed by atoms with Gasteiger partial charge in [-0.3, -0.25) is 4.79 Å². The standard InChI is InChI=1S/C23H26N4O/c1-3-4-15-24-21-16-20(25-22(26-21)19-13-9-6-10-14-19)23(28)27(2)17-18-11-7-5-8-12-18/h5-14,16H,3-4,15,17H2,1-2H3,(H,24,25,26). The molecule has 1 N–H and O–H groups in total. The number of hydrogen-bond acceptors (Lipinski definition) is 4. The quantitative estimate of drug-likeness (QED) is 0.584. The summed E-state index contributed by atoms with van der Waals surface area (Å²) in [7, 11) is 1.80. The van der Waals surface area contributed by atoms with Crippen molar-refractivity contribution in [1.82, 2.24) is 14.9 Å². The first-order chi connectivity index (χ1) is 13.7. The lowest BCUT2D eigenvalue weighted by molar-refractivity contribution is 0.0779. The van der Waals surface area contributed by atoms with E-state index in [1.165, 1.54) is 0 Å². The van der Waals surface area contributed by atoms with Gasteiger partial charge in [0, 0.05) is 31.8 Å². The van der Waals surface area contributed by atoms with Crippen LogP contribution in [0.4, 0.5) is 5.82 Å². The molecule has 0 saturated heterocycles. The molecule has 0 bridgehead atoms. The third-order valence-electron chi connectivity index (χ3n) is 4.42. The molecule has 144 valence electrons. The van der Waals surface area contributed by atoms with E-state index in [0.29, 0.717) is 23.9 Å². The van der Waals surface area contributed by atoms with E-state index in [2.05, 4.69) is 22.2 Å². The van der Waals surface area contributed by atoms with Crippen LogP contribution in [0.25, 0.3) is 11.4 Å². The Bertz CT molecular complexity index is 897. The second-order valence-corrected chi connectivity index (χ2v) is 6.76. The molecule has 5 heteroatoms. The zero-order valence-corrected chi connectivity index (χ0v) is 16.4. The molecule has 28 heavy (non-hydrogen) atoms. The Morgan fingerprint density at radius 1 is 1.00 bits per heavy atom. The van der Waals surface area contributed by atoms with Crippen molar-refractivity contribution in [3.8, 4) is 11.4 Å². The zero-order valence-electron chi connectivity index (χ0n) is 16.4. The van der Waals surface area contributed by atoms with E-state index in [1.54, 1.807) is 18.0 Å². The SMILES string of the molecule is CCCCNc1cc(C(=O)N(C)Cc2ccccc2)nc(-c2ccccc2)n1. The third-order valence-corrected chi connectivity index (χ3v) is 4.42. The van der Waals surface area contributed by atoms with Gasteiger partial charge in [0.05, 0.1) is 0 Å². The molecule has 1 aromatic heterocycles. The predicted octanol–water partition coefficient (Wildman–Crippen LogP) is 4.63. The molecule has 2 aromatic carbocycles. The molecular formula is C23H26N4O. The van der Waals surface area contributed by atoms with Crippen molar-refractivity contribution in [2.45, 2.75) is 26.3 Å². The number of aromatic nitrogens is 2. The Morgan fingerprint density at radius 3 is 2.36 bits per heavy atom. The Balaban J connectivity index is 1.87. The monoisotopic (exact) mass is 374 g/mol. The third kappa shape index (κ3) is 5.16. The van der Waals surface area contributed by atoms with Gasteiger partial charge in [0.2, 0.25) is 0 Å². The van der Waals surface area contributed by atoms with Crippen LogP contribution >= 0.6 is 0 Å². The number of nitrogens with zero attached hydrogens (tertiary/aromatic N) is 3. The summed E-state index contributed by atoms with van der Waals surface area (Å²) in [5, 5.41) is 3.32. The molecular weight excluding hydrogens is 348 g/mol. The van der Waals surface area contributed by atoms with Crippen molar-refractivity contribution >= 4 is 11.7 Å². The van der Waals surface area contributed by atoms with Gasteiger partial charge in [-0.15, -0.1) is 0 Å². The summed E-state index contributed by atoms with van der Waals surface area (Å²) < 4.78 is 0. The number of carbonyl (C=O) groups excluding carboxylic acids is 1. The fraction of sp³-hybridized carbons (Fsp3) is 0.261. The Kier molecular flexibility index (Phi) is 6.73. The second kappa shape index (κ2) is 9.65. The van der Waals surface area contributed by atoms with Gasteiger partial charge in [0.15, 0.2) is 5.82 Å². The molecule has 0 aliphatic rings. The topological polar surface area (TPSA) is 58.1 Å². The highest BCUT2D eigenvalue weighted by molar-refractivity contribution is 5.93. The number of benzene rings is 2. The molecule has 3 aromatic rings. The molecule has 0 saturated carbocycles. The minimum atomic E-state index is -0.123. The first-order valence-electron chi connectivity index (χ1n) is 9.65. The molecule has 3 rings (SSSR count). The van der Waals surface area contributed by atoms with Gasteiger partial charge in [0.25, 0.3) is 5.91 Å². The minimum Gasteiger partial charge on any atom is -0.370 e. The molecule has 0 spiro atoms. The zero-order chi connectivity index (χ0) is 19.8. The van der Waals surface area contributed by atoms with E-state index in [1.807, 2.05) is 60.7 Å². The molecule has 0 atom stereocenters. The Labute approximate surface area is 166 Å². The number of anilines is 1. The van der Waals surface area contributed by atoms with Crippen molar-refractivity contribution in [2.75, 3.05) is 18.9 Å². The van der Waals surface area contributed by atoms with Gasteiger partial charge in [0.1, 0.15) is 11.5 Å². The van der Waals surface area contributed by atoms with E-state index in [0.717, 1.165) is 30.5 Å². The van der Waals surface area contributed by atoms with Crippen LogP contribution in [0.2, 0.25) is 0 Å². The summed E-state index contributed by atoms with van der Waals surface area (Å²) in [6.45, 7) is 3.49. The van der Waals surface area contributed by atoms with Gasteiger partial charge >= 0.3 is 0 Å². The normalized spacial score (nSPS) is 10.5. The van der Waals surface area contributed by atoms with Crippen LogP contribution in [-0.4, -0.2) is 34.4 Å². The van der Waals surface area contributed by atoms with Crippen molar-refractivity contribution < 1.29 is 4.79 Å². The number of unbranched alkanes of at least 4 members (excludes halogenated alkanes) is 1. The summed E-state index contributed by atoms with van der Waals surface area (Å²) in [6.07, 6.45) is 2.14. The fourth-order valence-corrected chi connectivity index (χ4v) is 2.88. The summed E-state index contributed by atoms with van der Waals surface area (Å²) in [4.78, 5) is 23.9. The molecule has 0 aliphatic heterocycles. The van der Waals surface area contributed by atoms with Crippen LogP contribution in [0.1, 0.15) is 35.8 Å². The van der Waals surface area contributed by atoms with Gasteiger partial charge < -0.3 is 10.2 Å². The largest absolute Gasteiger partial charge is 0.370 e. The number of carbonyl (C=O) groups is 1. The van der Waals surface area contributed by atoms with Crippen LogP contribution in [0.5, 0.6) is 0 Å². The van der Waals surface area contributed by atoms with E-state index in [4.69, 9.17) is 0 Å². The highest BCUT2D eigenvalue weighted by atomic mass is 16.2. The lowest BCUT2D eigenvalue weighted by Crippen LogP contribution is -2.27. The van der Waals surface area contributed by atoms with Crippen LogP contribution in [0.3, 0.4) is 0 Å². The molecule has 5 nitrogen and oxygen atoms in total. The number of nitrogens with one attached hydrogen (secondary N) is 1. The van der Waals surface area contributed by atoms with Crippen molar-refractivity contribution in [1.29, 1.82) is 0 Å². The maximum Gasteiger partial charge on any atom is 0.272 e. The van der Waals surface area contributed by atoms with Gasteiger partial charge in [-0.05, 0) is 12.0 Å². The first kappa shape index (κ1) is 19.5. The summed E-state index contributed by atoms with van der Waals surface area (Å²) in [5.41, 5.74) is 2.37. The molecule has 0 aliphatic carbocycles. The lowest BCUT2D eigenvalue weighted by Gasteiger charge is -2.18. The van der Waals surface area contributed by atoms with Crippen molar-refractivity contribution in [3.05, 3.63) is 78.0 Å². The summed E-state index contributed by atoms with van der Waals surface area (Å²) in [6, 6.07) is 21.4. The molecule has 0 radical (unpaired) electrons. The van der Waals surface area contributed by atoms with Gasteiger partial charge in [-0.25, -0.2) is 9.97 Å². The fourth-order valence-electron chi connectivity index (χ4n) is 2.88. The number of hydrogen-bond donors (Lipinski definition) is 1. The van der Waals surface area contributed by atoms with E-state index >= 15 is 0 Å². The van der Waals surface area contributed by atoms with E-state index in [-0.39, 0.29) is 5.91 Å². The number of amides is 1. The average molecular weight is 374 g/mol. The molecule has 0 fully saturated rings. The lowest BCUT2D eigenvalue weighted by atomic mass is 10.2. The van der Waals surface area contributed by atoms with Crippen LogP contribution in [-0.2, 0) is 6.54 Å². The minimum absolute atomic E-state index is 0.123. The first-order valence-corrected chi connectivity index (χ1v) is 9.65. The average Bonchev–Trinajstić information content (AvgIpc) is 2.74. The Morgan fingerprint density at radius 2 is 1.68 bits per heavy atom. The van der Waals surface area contributed by atoms with Gasteiger partial charge in [-0.1, -0.05) is 74.0 Å². The molecule has 1 amide bonds. The van der Waals surface area contributed by atoms with Crippen LogP contribution in [0, 0.1) is 0 Å². The van der Waals surface area contributed by atoms with E-state index in [9.17, 15) is 4.79 Å². The van der Waals surface area contributed by atoms with Crippen LogP contribution in [0.15, 0.2) is 66.7 Å². The van der Waals surface area contributed by atoms with Crippen molar-refractivity contribution in [2.24, 2.45) is 0 Å². The van der Waals surface area contributed by atoms with Gasteiger partial charge in [-0.2, -0.15) is 0 Å². The highest BCUT2D eigenvalue weighted by Crippen LogP contribution is 2.19.